The Morgan fingerprint density at radius 2 is 2.28 bits per heavy atom. The molecule has 98 valence electrons. The number of nitrogens with zero attached hydrogens (tertiary/aromatic N) is 1. The number of nitrogen functional groups attached to an aromatic ring is 1. The topological polar surface area (TPSA) is 46.3 Å². The number of amides is 1. The van der Waals surface area contributed by atoms with Crippen LogP contribution < -0.4 is 5.73 Å². The van der Waals surface area contributed by atoms with Crippen LogP contribution in [0, 0.1) is 5.92 Å². The Balaban J connectivity index is 2.03. The van der Waals surface area contributed by atoms with Gasteiger partial charge in [0.25, 0.3) is 0 Å². The number of anilines is 1. The van der Waals surface area contributed by atoms with Gasteiger partial charge in [-0.1, -0.05) is 35.3 Å². The third-order valence-electron chi connectivity index (χ3n) is 3.46. The molecule has 1 heterocycles. The third kappa shape index (κ3) is 3.05. The van der Waals surface area contributed by atoms with Crippen molar-refractivity contribution in [2.24, 2.45) is 5.92 Å². The number of hydrogen-bond acceptors (Lipinski definition) is 2. The Hall–Kier alpha value is -1.03. The highest BCUT2D eigenvalue weighted by atomic mass is 79.9. The van der Waals surface area contributed by atoms with Gasteiger partial charge < -0.3 is 10.6 Å². The largest absolute Gasteiger partial charge is 0.398 e. The van der Waals surface area contributed by atoms with Gasteiger partial charge in [-0.2, -0.15) is 0 Å². The lowest BCUT2D eigenvalue weighted by Gasteiger charge is -2.18. The molecule has 0 bridgehead atoms. The molecular weight excluding hydrogens is 292 g/mol. The highest BCUT2D eigenvalue weighted by Crippen LogP contribution is 2.26. The normalized spacial score (nSPS) is 19.6. The van der Waals surface area contributed by atoms with Crippen LogP contribution in [0.25, 0.3) is 0 Å². The van der Waals surface area contributed by atoms with Crippen molar-refractivity contribution in [3.05, 3.63) is 28.2 Å². The maximum Gasteiger partial charge on any atom is 0.223 e. The number of halogens is 1. The van der Waals surface area contributed by atoms with Crippen LogP contribution in [0.3, 0.4) is 0 Å². The lowest BCUT2D eigenvalue weighted by atomic mass is 10.0. The Bertz CT molecular complexity index is 447. The first-order valence-electron chi connectivity index (χ1n) is 6.41. The third-order valence-corrected chi connectivity index (χ3v) is 3.95. The first-order valence-corrected chi connectivity index (χ1v) is 7.21. The SMILES string of the molecule is CCCC1CC(=O)N(Cc2ccc(Br)cc2N)C1. The van der Waals surface area contributed by atoms with E-state index in [2.05, 4.69) is 22.9 Å². The zero-order valence-corrected chi connectivity index (χ0v) is 12.2. The number of carbonyl (C=O) groups is 1. The van der Waals surface area contributed by atoms with Gasteiger partial charge in [-0.15, -0.1) is 0 Å². The van der Waals surface area contributed by atoms with Crippen LogP contribution in [0.4, 0.5) is 5.69 Å². The van der Waals surface area contributed by atoms with E-state index in [9.17, 15) is 4.79 Å². The first kappa shape index (κ1) is 13.4. The van der Waals surface area contributed by atoms with Crippen LogP contribution in [0.5, 0.6) is 0 Å². The summed E-state index contributed by atoms with van der Waals surface area (Å²) in [5.41, 5.74) is 7.75. The molecule has 1 aromatic carbocycles. The standard InChI is InChI=1S/C14H19BrN2O/c1-2-3-10-6-14(18)17(8-10)9-11-4-5-12(15)7-13(11)16/h4-5,7,10H,2-3,6,8-9,16H2,1H3. The number of hydrogen-bond donors (Lipinski definition) is 1. The first-order chi connectivity index (χ1) is 8.60. The predicted octanol–water partition coefficient (Wildman–Crippen LogP) is 3.18. The van der Waals surface area contributed by atoms with E-state index in [0.717, 1.165) is 35.1 Å². The minimum absolute atomic E-state index is 0.260. The van der Waals surface area contributed by atoms with E-state index in [1.807, 2.05) is 23.1 Å². The summed E-state index contributed by atoms with van der Waals surface area (Å²) >= 11 is 3.39. The van der Waals surface area contributed by atoms with E-state index in [-0.39, 0.29) is 5.91 Å². The molecule has 1 atom stereocenters. The van der Waals surface area contributed by atoms with Crippen LogP contribution in [0.2, 0.25) is 0 Å². The average molecular weight is 311 g/mol. The van der Waals surface area contributed by atoms with Gasteiger partial charge >= 0.3 is 0 Å². The molecule has 0 aliphatic carbocycles. The van der Waals surface area contributed by atoms with Crippen LogP contribution in [0.15, 0.2) is 22.7 Å². The second kappa shape index (κ2) is 5.74. The minimum Gasteiger partial charge on any atom is -0.398 e. The molecule has 1 fully saturated rings. The lowest BCUT2D eigenvalue weighted by molar-refractivity contribution is -0.128. The van der Waals surface area contributed by atoms with Gasteiger partial charge in [0.15, 0.2) is 0 Å². The molecule has 1 amide bonds. The fourth-order valence-electron chi connectivity index (χ4n) is 2.52. The predicted molar refractivity (Wildman–Crippen MR) is 77.0 cm³/mol. The molecule has 0 aromatic heterocycles. The Labute approximate surface area is 116 Å². The van der Waals surface area contributed by atoms with Crippen molar-refractivity contribution >= 4 is 27.5 Å². The minimum atomic E-state index is 0.260. The maximum absolute atomic E-state index is 11.9. The van der Waals surface area contributed by atoms with E-state index in [0.29, 0.717) is 18.9 Å². The molecule has 1 aliphatic rings. The number of benzene rings is 1. The molecular formula is C14H19BrN2O. The van der Waals surface area contributed by atoms with E-state index >= 15 is 0 Å². The zero-order valence-electron chi connectivity index (χ0n) is 10.7. The van der Waals surface area contributed by atoms with Crippen molar-refractivity contribution in [2.75, 3.05) is 12.3 Å². The number of rotatable bonds is 4. The van der Waals surface area contributed by atoms with Crippen molar-refractivity contribution in [2.45, 2.75) is 32.7 Å². The smallest absolute Gasteiger partial charge is 0.223 e. The van der Waals surface area contributed by atoms with Gasteiger partial charge in [0.2, 0.25) is 5.91 Å². The quantitative estimate of drug-likeness (QED) is 0.868. The maximum atomic E-state index is 11.9. The summed E-state index contributed by atoms with van der Waals surface area (Å²) < 4.78 is 0.973. The molecule has 2 N–H and O–H groups in total. The summed E-state index contributed by atoms with van der Waals surface area (Å²) in [5.74, 6) is 0.787. The summed E-state index contributed by atoms with van der Waals surface area (Å²) in [7, 11) is 0. The van der Waals surface area contributed by atoms with Gasteiger partial charge in [0.05, 0.1) is 0 Å². The van der Waals surface area contributed by atoms with Gasteiger partial charge in [-0.05, 0) is 30.0 Å². The molecule has 3 nitrogen and oxygen atoms in total. The van der Waals surface area contributed by atoms with Crippen LogP contribution in [0.1, 0.15) is 31.7 Å². The summed E-state index contributed by atoms with van der Waals surface area (Å²) in [4.78, 5) is 13.8. The molecule has 0 radical (unpaired) electrons. The number of nitrogens with two attached hydrogens (primary N) is 1. The lowest BCUT2D eigenvalue weighted by Crippen LogP contribution is -2.25. The molecule has 1 unspecified atom stereocenters. The van der Waals surface area contributed by atoms with Gasteiger partial charge in [0.1, 0.15) is 0 Å². The summed E-state index contributed by atoms with van der Waals surface area (Å²) in [6, 6.07) is 5.84. The van der Waals surface area contributed by atoms with E-state index in [4.69, 9.17) is 5.73 Å². The fourth-order valence-corrected chi connectivity index (χ4v) is 2.90. The molecule has 1 saturated heterocycles. The zero-order chi connectivity index (χ0) is 13.1. The number of carbonyl (C=O) groups excluding carboxylic acids is 1. The molecule has 0 spiro atoms. The highest BCUT2D eigenvalue weighted by Gasteiger charge is 2.28. The van der Waals surface area contributed by atoms with E-state index in [1.54, 1.807) is 0 Å². The summed E-state index contributed by atoms with van der Waals surface area (Å²) in [6.07, 6.45) is 2.98. The highest BCUT2D eigenvalue weighted by molar-refractivity contribution is 9.10. The van der Waals surface area contributed by atoms with E-state index in [1.165, 1.54) is 0 Å². The number of likely N-dealkylation sites (tertiary alicyclic amines) is 1. The van der Waals surface area contributed by atoms with Gasteiger partial charge in [-0.25, -0.2) is 0 Å². The molecule has 18 heavy (non-hydrogen) atoms. The van der Waals surface area contributed by atoms with Crippen molar-refractivity contribution < 1.29 is 4.79 Å². The van der Waals surface area contributed by atoms with Crippen molar-refractivity contribution in [1.29, 1.82) is 0 Å². The van der Waals surface area contributed by atoms with Gasteiger partial charge in [0, 0.05) is 29.7 Å². The monoisotopic (exact) mass is 310 g/mol. The second-order valence-electron chi connectivity index (χ2n) is 4.98. The van der Waals surface area contributed by atoms with Crippen molar-refractivity contribution in [3.63, 3.8) is 0 Å². The Morgan fingerprint density at radius 1 is 1.50 bits per heavy atom. The second-order valence-corrected chi connectivity index (χ2v) is 5.89. The van der Waals surface area contributed by atoms with E-state index < -0.39 is 0 Å². The average Bonchev–Trinajstić information content (AvgIpc) is 2.64. The Kier molecular flexibility index (Phi) is 4.27. The van der Waals surface area contributed by atoms with Crippen LogP contribution in [-0.4, -0.2) is 17.4 Å². The van der Waals surface area contributed by atoms with Crippen LogP contribution >= 0.6 is 15.9 Å². The van der Waals surface area contributed by atoms with Crippen molar-refractivity contribution in [3.8, 4) is 0 Å². The van der Waals surface area contributed by atoms with Crippen molar-refractivity contribution in [1.82, 2.24) is 4.90 Å². The molecule has 4 heteroatoms. The van der Waals surface area contributed by atoms with Crippen LogP contribution in [-0.2, 0) is 11.3 Å². The Morgan fingerprint density at radius 3 is 2.94 bits per heavy atom. The molecule has 0 saturated carbocycles. The summed E-state index contributed by atoms with van der Waals surface area (Å²) in [5, 5.41) is 0. The molecule has 1 aliphatic heterocycles. The van der Waals surface area contributed by atoms with Gasteiger partial charge in [-0.3, -0.25) is 4.79 Å². The fraction of sp³-hybridized carbons (Fsp3) is 0.500. The molecule has 2 rings (SSSR count). The summed E-state index contributed by atoms with van der Waals surface area (Å²) in [6.45, 7) is 3.68. The molecule has 1 aromatic rings.